The minimum Gasteiger partial charge on any atom is -0.370 e. The van der Waals surface area contributed by atoms with E-state index < -0.39 is 0 Å². The van der Waals surface area contributed by atoms with Crippen molar-refractivity contribution in [1.82, 2.24) is 0 Å². The second-order valence-corrected chi connectivity index (χ2v) is 3.78. The van der Waals surface area contributed by atoms with Gasteiger partial charge < -0.3 is 5.73 Å². The number of nitrogens with one attached hydrogen (secondary N) is 1. The van der Waals surface area contributed by atoms with E-state index in [9.17, 15) is 4.79 Å². The highest BCUT2D eigenvalue weighted by molar-refractivity contribution is 8.13. The standard InChI is InChI=1S/C8H16N2OS/c1-2-4-8(10)12-6-3-5-7(9)11/h10H,2-6H2,1H3,(H2,9,11). The van der Waals surface area contributed by atoms with Crippen LogP contribution in [0.5, 0.6) is 0 Å². The summed E-state index contributed by atoms with van der Waals surface area (Å²) in [6.07, 6.45) is 3.08. The van der Waals surface area contributed by atoms with Crippen molar-refractivity contribution in [2.24, 2.45) is 5.73 Å². The molecule has 0 aliphatic rings. The monoisotopic (exact) mass is 188 g/mol. The zero-order valence-corrected chi connectivity index (χ0v) is 8.25. The lowest BCUT2D eigenvalue weighted by Gasteiger charge is -2.00. The van der Waals surface area contributed by atoms with Gasteiger partial charge in [0.1, 0.15) is 0 Å². The molecule has 3 N–H and O–H groups in total. The lowest BCUT2D eigenvalue weighted by Crippen LogP contribution is -2.10. The van der Waals surface area contributed by atoms with Gasteiger partial charge >= 0.3 is 0 Å². The number of hydrogen-bond donors (Lipinski definition) is 2. The number of carbonyl (C=O) groups is 1. The van der Waals surface area contributed by atoms with E-state index >= 15 is 0 Å². The lowest BCUT2D eigenvalue weighted by atomic mass is 10.3. The Morgan fingerprint density at radius 2 is 2.17 bits per heavy atom. The van der Waals surface area contributed by atoms with Crippen molar-refractivity contribution < 1.29 is 4.79 Å². The number of primary amides is 1. The maximum Gasteiger partial charge on any atom is 0.217 e. The van der Waals surface area contributed by atoms with E-state index in [1.165, 1.54) is 11.8 Å². The third-order valence-corrected chi connectivity index (χ3v) is 2.37. The van der Waals surface area contributed by atoms with Crippen molar-refractivity contribution in [2.45, 2.75) is 32.6 Å². The summed E-state index contributed by atoms with van der Waals surface area (Å²) in [4.78, 5) is 10.3. The van der Waals surface area contributed by atoms with Crippen LogP contribution in [0.4, 0.5) is 0 Å². The number of carbonyl (C=O) groups excluding carboxylic acids is 1. The molecule has 70 valence electrons. The van der Waals surface area contributed by atoms with Crippen LogP contribution >= 0.6 is 11.8 Å². The number of amides is 1. The van der Waals surface area contributed by atoms with Crippen LogP contribution in [0.1, 0.15) is 32.6 Å². The summed E-state index contributed by atoms with van der Waals surface area (Å²) in [6, 6.07) is 0. The Balaban J connectivity index is 3.19. The Bertz CT molecular complexity index is 159. The van der Waals surface area contributed by atoms with Crippen LogP contribution in [0.2, 0.25) is 0 Å². The van der Waals surface area contributed by atoms with Crippen LogP contribution in [-0.4, -0.2) is 16.7 Å². The number of thioether (sulfide) groups is 1. The molecule has 0 heterocycles. The van der Waals surface area contributed by atoms with Crippen LogP contribution < -0.4 is 5.73 Å². The number of nitrogens with two attached hydrogens (primary N) is 1. The second kappa shape index (κ2) is 7.16. The third kappa shape index (κ3) is 7.60. The zero-order chi connectivity index (χ0) is 9.40. The second-order valence-electron chi connectivity index (χ2n) is 2.59. The van der Waals surface area contributed by atoms with Crippen molar-refractivity contribution in [2.75, 3.05) is 5.75 Å². The summed E-state index contributed by atoms with van der Waals surface area (Å²) in [5.74, 6) is 0.583. The molecule has 0 saturated carbocycles. The molecule has 0 aromatic rings. The van der Waals surface area contributed by atoms with Gasteiger partial charge in [0.05, 0.1) is 5.04 Å². The zero-order valence-electron chi connectivity index (χ0n) is 7.43. The summed E-state index contributed by atoms with van der Waals surface area (Å²) in [5, 5.41) is 8.13. The molecule has 0 saturated heterocycles. The first-order valence-electron chi connectivity index (χ1n) is 4.15. The molecule has 0 unspecified atom stereocenters. The maximum absolute atomic E-state index is 10.3. The number of rotatable bonds is 6. The fraction of sp³-hybridized carbons (Fsp3) is 0.750. The van der Waals surface area contributed by atoms with E-state index in [4.69, 9.17) is 11.1 Å². The molecule has 0 rings (SSSR count). The van der Waals surface area contributed by atoms with Gasteiger partial charge in [0, 0.05) is 6.42 Å². The van der Waals surface area contributed by atoms with Gasteiger partial charge in [-0.05, 0) is 18.6 Å². The molecular weight excluding hydrogens is 172 g/mol. The minimum atomic E-state index is -0.252. The van der Waals surface area contributed by atoms with E-state index in [1.807, 2.05) is 0 Å². The fourth-order valence-corrected chi connectivity index (χ4v) is 1.62. The van der Waals surface area contributed by atoms with Crippen molar-refractivity contribution in [3.63, 3.8) is 0 Å². The average molecular weight is 188 g/mol. The van der Waals surface area contributed by atoms with Crippen molar-refractivity contribution in [1.29, 1.82) is 5.41 Å². The van der Waals surface area contributed by atoms with E-state index in [1.54, 1.807) is 0 Å². The fourth-order valence-electron chi connectivity index (χ4n) is 0.741. The Morgan fingerprint density at radius 1 is 1.50 bits per heavy atom. The molecule has 0 atom stereocenters. The highest BCUT2D eigenvalue weighted by Gasteiger charge is 1.98. The summed E-state index contributed by atoms with van der Waals surface area (Å²) >= 11 is 1.52. The maximum atomic E-state index is 10.3. The lowest BCUT2D eigenvalue weighted by molar-refractivity contribution is -0.118. The normalized spacial score (nSPS) is 9.75. The summed E-state index contributed by atoms with van der Waals surface area (Å²) in [7, 11) is 0. The Hall–Kier alpha value is -0.510. The Kier molecular flexibility index (Phi) is 6.85. The van der Waals surface area contributed by atoms with Crippen molar-refractivity contribution in [3.8, 4) is 0 Å². The molecule has 0 aromatic carbocycles. The molecule has 0 bridgehead atoms. The molecule has 12 heavy (non-hydrogen) atoms. The van der Waals surface area contributed by atoms with E-state index in [0.717, 1.165) is 25.0 Å². The van der Waals surface area contributed by atoms with Gasteiger partial charge in [-0.25, -0.2) is 0 Å². The van der Waals surface area contributed by atoms with Crippen LogP contribution in [0.3, 0.4) is 0 Å². The van der Waals surface area contributed by atoms with Gasteiger partial charge in [0.2, 0.25) is 5.91 Å². The molecule has 0 aliphatic carbocycles. The van der Waals surface area contributed by atoms with Crippen LogP contribution in [0, 0.1) is 5.41 Å². The summed E-state index contributed by atoms with van der Waals surface area (Å²) < 4.78 is 0. The van der Waals surface area contributed by atoms with Crippen molar-refractivity contribution >= 4 is 22.7 Å². The first kappa shape index (κ1) is 11.5. The molecule has 0 radical (unpaired) electrons. The Morgan fingerprint density at radius 3 is 2.67 bits per heavy atom. The molecular formula is C8H16N2OS. The first-order valence-corrected chi connectivity index (χ1v) is 5.14. The smallest absolute Gasteiger partial charge is 0.217 e. The molecule has 0 fully saturated rings. The molecule has 0 aromatic heterocycles. The van der Waals surface area contributed by atoms with E-state index in [0.29, 0.717) is 11.5 Å². The van der Waals surface area contributed by atoms with Crippen LogP contribution in [0.25, 0.3) is 0 Å². The summed E-state index contributed by atoms with van der Waals surface area (Å²) in [6.45, 7) is 2.05. The van der Waals surface area contributed by atoms with Gasteiger partial charge in [-0.3, -0.25) is 10.2 Å². The third-order valence-electron chi connectivity index (χ3n) is 1.32. The molecule has 0 aliphatic heterocycles. The predicted molar refractivity (Wildman–Crippen MR) is 53.5 cm³/mol. The van der Waals surface area contributed by atoms with E-state index in [2.05, 4.69) is 6.92 Å². The molecule has 3 nitrogen and oxygen atoms in total. The SMILES string of the molecule is CCCC(=N)SCCCC(N)=O. The minimum absolute atomic E-state index is 0.252. The van der Waals surface area contributed by atoms with E-state index in [-0.39, 0.29) is 5.91 Å². The molecule has 1 amide bonds. The highest BCUT2D eigenvalue weighted by atomic mass is 32.2. The largest absolute Gasteiger partial charge is 0.370 e. The quantitative estimate of drug-likeness (QED) is 0.379. The first-order chi connectivity index (χ1) is 5.66. The van der Waals surface area contributed by atoms with Gasteiger partial charge in [0.25, 0.3) is 0 Å². The van der Waals surface area contributed by atoms with Crippen molar-refractivity contribution in [3.05, 3.63) is 0 Å². The van der Waals surface area contributed by atoms with Crippen LogP contribution in [-0.2, 0) is 4.79 Å². The van der Waals surface area contributed by atoms with Crippen LogP contribution in [0.15, 0.2) is 0 Å². The Labute approximate surface area is 77.6 Å². The van der Waals surface area contributed by atoms with Gasteiger partial charge in [-0.15, -0.1) is 11.8 Å². The van der Waals surface area contributed by atoms with Gasteiger partial charge in [0.15, 0.2) is 0 Å². The summed E-state index contributed by atoms with van der Waals surface area (Å²) in [5.41, 5.74) is 4.97. The van der Waals surface area contributed by atoms with Gasteiger partial charge in [-0.2, -0.15) is 0 Å². The predicted octanol–water partition coefficient (Wildman–Crippen LogP) is 1.76. The average Bonchev–Trinajstić information content (AvgIpc) is 1.98. The molecule has 0 spiro atoms. The number of hydrogen-bond acceptors (Lipinski definition) is 3. The highest BCUT2D eigenvalue weighted by Crippen LogP contribution is 2.09. The van der Waals surface area contributed by atoms with Gasteiger partial charge in [-0.1, -0.05) is 13.3 Å². The molecule has 4 heteroatoms. The topological polar surface area (TPSA) is 66.9 Å².